The monoisotopic (exact) mass is 567 g/mol. The topological polar surface area (TPSA) is 68.2 Å². The largest absolute Gasteiger partial charge is 0.490 e. The summed E-state index contributed by atoms with van der Waals surface area (Å²) in [5.41, 5.74) is 4.01. The molecule has 0 aromatic heterocycles. The number of fused-ring (bicyclic) bond motifs is 3. The summed E-state index contributed by atoms with van der Waals surface area (Å²) in [4.78, 5) is 15.0. The lowest BCUT2D eigenvalue weighted by Crippen LogP contribution is -2.51. The van der Waals surface area contributed by atoms with Crippen LogP contribution in [0.2, 0.25) is 5.02 Å². The molecule has 40 heavy (non-hydrogen) atoms. The number of aliphatic hydroxyl groups excluding tert-OH is 1. The maximum absolute atomic E-state index is 12.5. The van der Waals surface area contributed by atoms with Gasteiger partial charge in [-0.05, 0) is 111 Å². The van der Waals surface area contributed by atoms with Crippen molar-refractivity contribution in [1.29, 1.82) is 0 Å². The molecule has 0 saturated heterocycles. The number of benzene rings is 2. The zero-order valence-corrected chi connectivity index (χ0v) is 24.5. The second-order valence-corrected chi connectivity index (χ2v) is 13.0. The molecule has 1 spiro atoms. The summed E-state index contributed by atoms with van der Waals surface area (Å²) in [7, 11) is 3.27. The first-order valence-corrected chi connectivity index (χ1v) is 15.4. The van der Waals surface area contributed by atoms with Gasteiger partial charge in [-0.25, -0.2) is 4.79 Å². The van der Waals surface area contributed by atoms with Gasteiger partial charge in [0, 0.05) is 30.6 Å². The zero-order valence-electron chi connectivity index (χ0n) is 23.7. The van der Waals surface area contributed by atoms with Crippen LogP contribution in [0.1, 0.15) is 72.9 Å². The van der Waals surface area contributed by atoms with Crippen molar-refractivity contribution in [2.75, 3.05) is 38.8 Å². The Bertz CT molecular complexity index is 1240. The molecule has 6 nitrogen and oxygen atoms in total. The first kappa shape index (κ1) is 27.9. The van der Waals surface area contributed by atoms with Gasteiger partial charge < -0.3 is 24.2 Å². The van der Waals surface area contributed by atoms with E-state index in [2.05, 4.69) is 17.0 Å². The number of aliphatic hydroxyl groups is 1. The molecule has 2 aromatic rings. The van der Waals surface area contributed by atoms with Gasteiger partial charge in [-0.1, -0.05) is 24.1 Å². The van der Waals surface area contributed by atoms with E-state index in [0.717, 1.165) is 87.3 Å². The van der Waals surface area contributed by atoms with Crippen LogP contribution in [0.15, 0.2) is 36.4 Å². The minimum absolute atomic E-state index is 0.157. The van der Waals surface area contributed by atoms with E-state index in [1.807, 2.05) is 25.3 Å². The van der Waals surface area contributed by atoms with Crippen molar-refractivity contribution in [3.05, 3.63) is 58.1 Å². The quantitative estimate of drug-likeness (QED) is 0.420. The molecular formula is C33H42ClNO5. The summed E-state index contributed by atoms with van der Waals surface area (Å²) in [6.07, 6.45) is 9.39. The Morgan fingerprint density at radius 2 is 2.02 bits per heavy atom. The number of hydrogen-bond acceptors (Lipinski definition) is 6. The second kappa shape index (κ2) is 11.5. The van der Waals surface area contributed by atoms with Crippen molar-refractivity contribution in [3.8, 4) is 5.75 Å². The molecule has 0 amide bonds. The van der Waals surface area contributed by atoms with Crippen LogP contribution in [0.25, 0.3) is 0 Å². The van der Waals surface area contributed by atoms with E-state index in [1.165, 1.54) is 18.2 Å². The Kier molecular flexibility index (Phi) is 8.04. The minimum atomic E-state index is -0.337. The Labute approximate surface area is 242 Å². The lowest BCUT2D eigenvalue weighted by Gasteiger charge is -2.48. The van der Waals surface area contributed by atoms with Crippen LogP contribution >= 0.6 is 11.6 Å². The van der Waals surface area contributed by atoms with Crippen LogP contribution < -0.4 is 9.64 Å². The summed E-state index contributed by atoms with van der Waals surface area (Å²) in [6.45, 7) is 2.30. The minimum Gasteiger partial charge on any atom is -0.490 e. The number of ether oxygens (including phenoxy) is 3. The number of methoxy groups -OCH3 is 2. The third-order valence-electron chi connectivity index (χ3n) is 10.2. The maximum Gasteiger partial charge on any atom is 0.337 e. The lowest BCUT2D eigenvalue weighted by atomic mass is 9.65. The van der Waals surface area contributed by atoms with Crippen molar-refractivity contribution in [1.82, 2.24) is 0 Å². The van der Waals surface area contributed by atoms with E-state index in [0.29, 0.717) is 29.9 Å². The average Bonchev–Trinajstić information content (AvgIpc) is 3.10. The fraction of sp³-hybridized carbons (Fsp3) is 0.606. The standard InChI is InChI=1S/C33H42ClNO5/c1-38-31(22-5-3-7-26(36)16-22)27-11-8-24(27)18-35-19-33(14-4-6-21-15-25(34)10-12-28(21)33)20-40-30-13-9-23(17-29(30)35)32(37)39-2/h9-10,12-13,15,17,22,24,26-27,31,36H,3-8,11,14,16,18-20H2,1-2H3/t22-,24-,26+,27+,31+,33-/m0/s1. The molecule has 6 rings (SSSR count). The Morgan fingerprint density at radius 1 is 1.15 bits per heavy atom. The summed E-state index contributed by atoms with van der Waals surface area (Å²) < 4.78 is 17.8. The highest BCUT2D eigenvalue weighted by molar-refractivity contribution is 6.30. The highest BCUT2D eigenvalue weighted by Crippen LogP contribution is 2.48. The average molecular weight is 568 g/mol. The van der Waals surface area contributed by atoms with Gasteiger partial charge in [0.1, 0.15) is 5.75 Å². The van der Waals surface area contributed by atoms with E-state index < -0.39 is 0 Å². The fourth-order valence-corrected chi connectivity index (χ4v) is 8.31. The van der Waals surface area contributed by atoms with Crippen LogP contribution in [0.3, 0.4) is 0 Å². The van der Waals surface area contributed by atoms with Crippen LogP contribution in [0.4, 0.5) is 5.69 Å². The zero-order chi connectivity index (χ0) is 27.9. The second-order valence-electron chi connectivity index (χ2n) is 12.6. The Balaban J connectivity index is 1.33. The molecule has 2 saturated carbocycles. The highest BCUT2D eigenvalue weighted by Gasteiger charge is 2.46. The van der Waals surface area contributed by atoms with Crippen LogP contribution in [-0.4, -0.2) is 57.2 Å². The predicted octanol–water partition coefficient (Wildman–Crippen LogP) is 6.19. The molecule has 6 atom stereocenters. The SMILES string of the molecule is COC(=O)c1ccc2c(c1)N(C[C@@H]1CC[C@H]1[C@H](OC)[C@H]1CCC[C@@H](O)C1)C[C@@]1(CCCc3cc(Cl)ccc31)CO2. The molecule has 3 aliphatic carbocycles. The first-order chi connectivity index (χ1) is 19.4. The van der Waals surface area contributed by atoms with E-state index >= 15 is 0 Å². The number of carbonyl (C=O) groups excluding carboxylic acids is 1. The number of esters is 1. The molecule has 2 fully saturated rings. The molecule has 7 heteroatoms. The van der Waals surface area contributed by atoms with Crippen LogP contribution in [-0.2, 0) is 21.3 Å². The van der Waals surface area contributed by atoms with Crippen LogP contribution in [0, 0.1) is 17.8 Å². The number of anilines is 1. The molecule has 1 aliphatic heterocycles. The summed E-state index contributed by atoms with van der Waals surface area (Å²) in [5.74, 6) is 1.83. The van der Waals surface area contributed by atoms with Crippen molar-refractivity contribution >= 4 is 23.3 Å². The van der Waals surface area contributed by atoms with Gasteiger partial charge in [0.15, 0.2) is 0 Å². The number of hydrogen-bond donors (Lipinski definition) is 1. The number of nitrogens with zero attached hydrogens (tertiary/aromatic N) is 1. The predicted molar refractivity (Wildman–Crippen MR) is 157 cm³/mol. The molecule has 216 valence electrons. The first-order valence-electron chi connectivity index (χ1n) is 15.0. The van der Waals surface area contributed by atoms with Crippen molar-refractivity contribution in [3.63, 3.8) is 0 Å². The molecule has 2 aromatic carbocycles. The van der Waals surface area contributed by atoms with E-state index in [4.69, 9.17) is 25.8 Å². The Morgan fingerprint density at radius 3 is 2.77 bits per heavy atom. The number of rotatable bonds is 6. The van der Waals surface area contributed by atoms with Gasteiger partial charge in [-0.15, -0.1) is 0 Å². The molecule has 1 heterocycles. The molecule has 4 aliphatic rings. The van der Waals surface area contributed by atoms with Gasteiger partial charge in [0.2, 0.25) is 0 Å². The summed E-state index contributed by atoms with van der Waals surface area (Å²) >= 11 is 6.41. The summed E-state index contributed by atoms with van der Waals surface area (Å²) in [5, 5.41) is 11.2. The van der Waals surface area contributed by atoms with E-state index in [9.17, 15) is 9.90 Å². The van der Waals surface area contributed by atoms with Crippen LogP contribution in [0.5, 0.6) is 5.75 Å². The third-order valence-corrected chi connectivity index (χ3v) is 10.5. The van der Waals surface area contributed by atoms with Crippen molar-refractivity contribution in [2.24, 2.45) is 17.8 Å². The summed E-state index contributed by atoms with van der Waals surface area (Å²) in [6, 6.07) is 12.0. The molecule has 0 unspecified atom stereocenters. The van der Waals surface area contributed by atoms with Gasteiger partial charge in [-0.2, -0.15) is 0 Å². The van der Waals surface area contributed by atoms with Gasteiger partial charge in [-0.3, -0.25) is 0 Å². The third kappa shape index (κ3) is 5.23. The smallest absolute Gasteiger partial charge is 0.337 e. The van der Waals surface area contributed by atoms with E-state index in [1.54, 1.807) is 6.07 Å². The number of carbonyl (C=O) groups is 1. The number of aryl methyl sites for hydroxylation is 1. The Hall–Kier alpha value is -2.28. The molecular weight excluding hydrogens is 526 g/mol. The normalized spacial score (nSPS) is 30.4. The van der Waals surface area contributed by atoms with Gasteiger partial charge in [0.25, 0.3) is 0 Å². The highest BCUT2D eigenvalue weighted by atomic mass is 35.5. The van der Waals surface area contributed by atoms with E-state index in [-0.39, 0.29) is 23.6 Å². The van der Waals surface area contributed by atoms with Gasteiger partial charge in [0.05, 0.1) is 37.2 Å². The maximum atomic E-state index is 12.5. The van der Waals surface area contributed by atoms with Crippen molar-refractivity contribution < 1.29 is 24.1 Å². The lowest BCUT2D eigenvalue weighted by molar-refractivity contribution is -0.0721. The molecule has 0 radical (unpaired) electrons. The van der Waals surface area contributed by atoms with Gasteiger partial charge >= 0.3 is 5.97 Å². The van der Waals surface area contributed by atoms with Crippen molar-refractivity contribution in [2.45, 2.75) is 75.4 Å². The number of halogens is 1. The molecule has 0 bridgehead atoms. The fourth-order valence-electron chi connectivity index (χ4n) is 8.11. The molecule has 1 N–H and O–H groups in total.